The number of nitrogens with one attached hydrogen (secondary N) is 1. The maximum Gasteiger partial charge on any atom is 0.134 e. The lowest BCUT2D eigenvalue weighted by molar-refractivity contribution is 0.550. The van der Waals surface area contributed by atoms with Crippen molar-refractivity contribution in [2.24, 2.45) is 5.92 Å². The molecule has 0 saturated carbocycles. The van der Waals surface area contributed by atoms with Crippen molar-refractivity contribution in [2.45, 2.75) is 47.6 Å². The molecular formula is C18H29N3. The first-order valence-corrected chi connectivity index (χ1v) is 7.85. The highest BCUT2D eigenvalue weighted by atomic mass is 15.2. The summed E-state index contributed by atoms with van der Waals surface area (Å²) in [5, 5.41) is 3.52. The molecule has 21 heavy (non-hydrogen) atoms. The highest BCUT2D eigenvalue weighted by Gasteiger charge is 2.14. The van der Waals surface area contributed by atoms with Gasteiger partial charge in [-0.2, -0.15) is 0 Å². The molecule has 1 aromatic heterocycles. The lowest BCUT2D eigenvalue weighted by Crippen LogP contribution is -2.29. The molecule has 116 valence electrons. The summed E-state index contributed by atoms with van der Waals surface area (Å²) in [4.78, 5) is 6.97. The number of hydrogen-bond acceptors (Lipinski definition) is 3. The van der Waals surface area contributed by atoms with E-state index in [0.29, 0.717) is 12.5 Å². The standard InChI is InChI=1S/C18H29N3/c1-7-9-21(10-8-2)18-17(13-19-12-14(3)4)15(5)11-16(6)20-18/h1,11,14,19H,8-10,12-13H2,2-6H3. The van der Waals surface area contributed by atoms with Crippen LogP contribution in [0.1, 0.15) is 44.0 Å². The van der Waals surface area contributed by atoms with Crippen LogP contribution in [-0.4, -0.2) is 24.6 Å². The molecule has 3 nitrogen and oxygen atoms in total. The largest absolute Gasteiger partial charge is 0.345 e. The van der Waals surface area contributed by atoms with Gasteiger partial charge in [-0.25, -0.2) is 4.98 Å². The minimum Gasteiger partial charge on any atom is -0.345 e. The van der Waals surface area contributed by atoms with Crippen molar-refractivity contribution < 1.29 is 0 Å². The van der Waals surface area contributed by atoms with Crippen LogP contribution in [0.3, 0.4) is 0 Å². The second-order valence-electron chi connectivity index (χ2n) is 6.03. The molecule has 1 heterocycles. The first kappa shape index (κ1) is 17.5. The molecule has 0 aromatic carbocycles. The van der Waals surface area contributed by atoms with Crippen LogP contribution in [-0.2, 0) is 6.54 Å². The fourth-order valence-electron chi connectivity index (χ4n) is 2.45. The Morgan fingerprint density at radius 2 is 2.10 bits per heavy atom. The summed E-state index contributed by atoms with van der Waals surface area (Å²) < 4.78 is 0. The Balaban J connectivity index is 3.06. The number of rotatable bonds is 8. The maximum atomic E-state index is 5.53. The molecule has 0 spiro atoms. The quantitative estimate of drug-likeness (QED) is 0.744. The SMILES string of the molecule is C#CCN(CCC)c1nc(C)cc(C)c1CNCC(C)C. The Labute approximate surface area is 130 Å². The monoisotopic (exact) mass is 287 g/mol. The van der Waals surface area contributed by atoms with Crippen molar-refractivity contribution in [1.82, 2.24) is 10.3 Å². The second kappa shape index (κ2) is 8.69. The number of anilines is 1. The molecule has 1 aromatic rings. The summed E-state index contributed by atoms with van der Waals surface area (Å²) in [6, 6.07) is 2.15. The van der Waals surface area contributed by atoms with Gasteiger partial charge in [0.15, 0.2) is 0 Å². The van der Waals surface area contributed by atoms with Gasteiger partial charge < -0.3 is 10.2 Å². The van der Waals surface area contributed by atoms with Gasteiger partial charge in [0.1, 0.15) is 5.82 Å². The van der Waals surface area contributed by atoms with Gasteiger partial charge in [-0.15, -0.1) is 6.42 Å². The van der Waals surface area contributed by atoms with Crippen molar-refractivity contribution >= 4 is 5.82 Å². The van der Waals surface area contributed by atoms with E-state index in [1.807, 2.05) is 6.92 Å². The van der Waals surface area contributed by atoms with Gasteiger partial charge >= 0.3 is 0 Å². The Hall–Kier alpha value is -1.53. The van der Waals surface area contributed by atoms with Gasteiger partial charge in [0, 0.05) is 24.3 Å². The topological polar surface area (TPSA) is 28.2 Å². The highest BCUT2D eigenvalue weighted by Crippen LogP contribution is 2.23. The zero-order valence-electron chi connectivity index (χ0n) is 14.2. The van der Waals surface area contributed by atoms with E-state index in [4.69, 9.17) is 11.4 Å². The van der Waals surface area contributed by atoms with Crippen LogP contribution in [0.15, 0.2) is 6.07 Å². The minimum absolute atomic E-state index is 0.612. The van der Waals surface area contributed by atoms with Gasteiger partial charge in [0.2, 0.25) is 0 Å². The fourth-order valence-corrected chi connectivity index (χ4v) is 2.45. The van der Waals surface area contributed by atoms with E-state index in [1.54, 1.807) is 0 Å². The summed E-state index contributed by atoms with van der Waals surface area (Å²) in [5.41, 5.74) is 3.60. The molecule has 0 radical (unpaired) electrons. The summed E-state index contributed by atoms with van der Waals surface area (Å²) in [6.45, 7) is 14.2. The third kappa shape index (κ3) is 5.40. The molecule has 1 N–H and O–H groups in total. The number of aromatic nitrogens is 1. The third-order valence-electron chi connectivity index (χ3n) is 3.38. The first-order valence-electron chi connectivity index (χ1n) is 7.85. The van der Waals surface area contributed by atoms with Gasteiger partial charge in [-0.1, -0.05) is 26.7 Å². The number of pyridine rings is 1. The molecule has 0 aliphatic heterocycles. The van der Waals surface area contributed by atoms with E-state index in [0.717, 1.165) is 37.6 Å². The lowest BCUT2D eigenvalue weighted by atomic mass is 10.1. The molecule has 0 saturated heterocycles. The van der Waals surface area contributed by atoms with E-state index in [1.165, 1.54) is 11.1 Å². The molecule has 0 amide bonds. The molecule has 0 atom stereocenters. The number of nitrogens with zero attached hydrogens (tertiary/aromatic N) is 2. The first-order chi connectivity index (χ1) is 9.99. The summed E-state index contributed by atoms with van der Waals surface area (Å²) in [6.07, 6.45) is 6.59. The average molecular weight is 287 g/mol. The molecule has 0 unspecified atom stereocenters. The Morgan fingerprint density at radius 3 is 2.67 bits per heavy atom. The van der Waals surface area contributed by atoms with Crippen molar-refractivity contribution in [2.75, 3.05) is 24.5 Å². The van der Waals surface area contributed by atoms with Crippen molar-refractivity contribution in [3.05, 3.63) is 22.9 Å². The van der Waals surface area contributed by atoms with Crippen molar-refractivity contribution in [1.29, 1.82) is 0 Å². The molecule has 0 bridgehead atoms. The Kier molecular flexibility index (Phi) is 7.25. The van der Waals surface area contributed by atoms with E-state index in [9.17, 15) is 0 Å². The van der Waals surface area contributed by atoms with Crippen LogP contribution in [0.2, 0.25) is 0 Å². The third-order valence-corrected chi connectivity index (χ3v) is 3.38. The van der Waals surface area contributed by atoms with E-state index in [-0.39, 0.29) is 0 Å². The molecule has 0 aliphatic carbocycles. The lowest BCUT2D eigenvalue weighted by Gasteiger charge is -2.25. The number of aryl methyl sites for hydroxylation is 2. The zero-order chi connectivity index (χ0) is 15.8. The van der Waals surface area contributed by atoms with Gasteiger partial charge in [-0.05, 0) is 44.4 Å². The predicted octanol–water partition coefficient (Wildman–Crippen LogP) is 3.29. The normalized spacial score (nSPS) is 10.7. The van der Waals surface area contributed by atoms with Crippen LogP contribution in [0.4, 0.5) is 5.82 Å². The smallest absolute Gasteiger partial charge is 0.134 e. The molecule has 3 heteroatoms. The maximum absolute atomic E-state index is 5.53. The van der Waals surface area contributed by atoms with Gasteiger partial charge in [0.25, 0.3) is 0 Å². The minimum atomic E-state index is 0.612. The molecular weight excluding hydrogens is 258 g/mol. The molecule has 1 rings (SSSR count). The fraction of sp³-hybridized carbons (Fsp3) is 0.611. The summed E-state index contributed by atoms with van der Waals surface area (Å²) >= 11 is 0. The summed E-state index contributed by atoms with van der Waals surface area (Å²) in [7, 11) is 0. The van der Waals surface area contributed by atoms with Crippen LogP contribution >= 0.6 is 0 Å². The van der Waals surface area contributed by atoms with Crippen LogP contribution in [0, 0.1) is 32.1 Å². The van der Waals surface area contributed by atoms with Crippen molar-refractivity contribution in [3.63, 3.8) is 0 Å². The van der Waals surface area contributed by atoms with Crippen molar-refractivity contribution in [3.8, 4) is 12.3 Å². The number of terminal acetylenes is 1. The molecule has 0 fully saturated rings. The second-order valence-corrected chi connectivity index (χ2v) is 6.03. The van der Waals surface area contributed by atoms with Crippen LogP contribution in [0.25, 0.3) is 0 Å². The Bertz CT molecular complexity index is 486. The number of hydrogen-bond donors (Lipinski definition) is 1. The van der Waals surface area contributed by atoms with Gasteiger partial charge in [0.05, 0.1) is 6.54 Å². The predicted molar refractivity (Wildman–Crippen MR) is 91.6 cm³/mol. The Morgan fingerprint density at radius 1 is 1.38 bits per heavy atom. The van der Waals surface area contributed by atoms with Crippen LogP contribution in [0.5, 0.6) is 0 Å². The van der Waals surface area contributed by atoms with Gasteiger partial charge in [-0.3, -0.25) is 0 Å². The highest BCUT2D eigenvalue weighted by molar-refractivity contribution is 5.52. The zero-order valence-corrected chi connectivity index (χ0v) is 14.2. The van der Waals surface area contributed by atoms with Crippen LogP contribution < -0.4 is 10.2 Å². The molecule has 0 aliphatic rings. The van der Waals surface area contributed by atoms with E-state index >= 15 is 0 Å². The average Bonchev–Trinajstić information content (AvgIpc) is 2.40. The summed E-state index contributed by atoms with van der Waals surface area (Å²) in [5.74, 6) is 4.45. The van der Waals surface area contributed by atoms with E-state index in [2.05, 4.69) is 49.9 Å². The van der Waals surface area contributed by atoms with E-state index < -0.39 is 0 Å².